The number of aryl methyl sites for hydroxylation is 1. The Bertz CT molecular complexity index is 479. The van der Waals surface area contributed by atoms with Crippen molar-refractivity contribution in [3.8, 4) is 0 Å². The number of hydrogen-bond donors (Lipinski definition) is 1. The van der Waals surface area contributed by atoms with E-state index in [-0.39, 0.29) is 5.91 Å². The van der Waals surface area contributed by atoms with E-state index in [9.17, 15) is 4.79 Å². The van der Waals surface area contributed by atoms with Gasteiger partial charge in [-0.2, -0.15) is 0 Å². The quantitative estimate of drug-likeness (QED) is 0.839. The molecule has 0 aliphatic carbocycles. The summed E-state index contributed by atoms with van der Waals surface area (Å²) in [6, 6.07) is 8.57. The van der Waals surface area contributed by atoms with Gasteiger partial charge in [-0.3, -0.25) is 9.69 Å². The molecule has 1 fully saturated rings. The highest BCUT2D eigenvalue weighted by Crippen LogP contribution is 2.13. The van der Waals surface area contributed by atoms with E-state index in [2.05, 4.69) is 43.1 Å². The van der Waals surface area contributed by atoms with Crippen LogP contribution in [0, 0.1) is 12.8 Å². The van der Waals surface area contributed by atoms with Gasteiger partial charge < -0.3 is 10.1 Å². The van der Waals surface area contributed by atoms with Gasteiger partial charge in [0.15, 0.2) is 0 Å². The van der Waals surface area contributed by atoms with Crippen LogP contribution in [0.1, 0.15) is 31.4 Å². The Morgan fingerprint density at radius 2 is 1.87 bits per heavy atom. The van der Waals surface area contributed by atoms with Gasteiger partial charge in [-0.05, 0) is 24.8 Å². The normalized spacial score (nSPS) is 17.2. The highest BCUT2D eigenvalue weighted by molar-refractivity contribution is 5.78. The summed E-state index contributed by atoms with van der Waals surface area (Å²) in [5.41, 5.74) is 2.29. The van der Waals surface area contributed by atoms with E-state index in [1.54, 1.807) is 0 Å². The van der Waals surface area contributed by atoms with Gasteiger partial charge in [0.1, 0.15) is 0 Å². The number of nitrogens with zero attached hydrogens (tertiary/aromatic N) is 1. The van der Waals surface area contributed by atoms with Crippen LogP contribution in [0.4, 0.5) is 0 Å². The zero-order chi connectivity index (χ0) is 16.7. The molecule has 1 amide bonds. The van der Waals surface area contributed by atoms with Crippen molar-refractivity contribution in [2.45, 2.75) is 39.7 Å². The van der Waals surface area contributed by atoms with Gasteiger partial charge in [0, 0.05) is 25.7 Å². The number of carbonyl (C=O) groups is 1. The van der Waals surface area contributed by atoms with Crippen LogP contribution in [0.5, 0.6) is 0 Å². The Balaban J connectivity index is 1.83. The van der Waals surface area contributed by atoms with Gasteiger partial charge in [0.05, 0.1) is 19.6 Å². The Labute approximate surface area is 140 Å². The molecule has 1 aromatic rings. The van der Waals surface area contributed by atoms with Crippen molar-refractivity contribution < 1.29 is 9.53 Å². The van der Waals surface area contributed by atoms with Gasteiger partial charge >= 0.3 is 0 Å². The van der Waals surface area contributed by atoms with Crippen molar-refractivity contribution in [1.82, 2.24) is 10.2 Å². The molecule has 1 aliphatic rings. The van der Waals surface area contributed by atoms with E-state index >= 15 is 0 Å². The van der Waals surface area contributed by atoms with Gasteiger partial charge in [-0.25, -0.2) is 0 Å². The molecule has 4 nitrogen and oxygen atoms in total. The predicted molar refractivity (Wildman–Crippen MR) is 93.5 cm³/mol. The van der Waals surface area contributed by atoms with Gasteiger partial charge in [-0.1, -0.05) is 43.7 Å². The molecule has 1 aromatic carbocycles. The molecule has 0 aromatic heterocycles. The molecule has 0 radical (unpaired) electrons. The predicted octanol–water partition coefficient (Wildman–Crippen LogP) is 2.40. The van der Waals surface area contributed by atoms with Crippen LogP contribution < -0.4 is 5.32 Å². The Kier molecular flexibility index (Phi) is 7.06. The zero-order valence-electron chi connectivity index (χ0n) is 14.7. The molecule has 4 heteroatoms. The maximum atomic E-state index is 12.2. The second kappa shape index (κ2) is 9.04. The van der Waals surface area contributed by atoms with Crippen molar-refractivity contribution >= 4 is 5.91 Å². The molecule has 2 rings (SSSR count). The molecule has 1 unspecified atom stereocenters. The molecule has 1 N–H and O–H groups in total. The second-order valence-electron chi connectivity index (χ2n) is 6.90. The van der Waals surface area contributed by atoms with E-state index in [0.717, 1.165) is 44.8 Å². The first kappa shape index (κ1) is 18.0. The number of rotatable bonds is 7. The molecule has 0 bridgehead atoms. The third kappa shape index (κ3) is 6.32. The lowest BCUT2D eigenvalue weighted by molar-refractivity contribution is -0.120. The first-order valence-corrected chi connectivity index (χ1v) is 8.68. The molecular weight excluding hydrogens is 288 g/mol. The average molecular weight is 318 g/mol. The zero-order valence-corrected chi connectivity index (χ0v) is 14.7. The van der Waals surface area contributed by atoms with E-state index in [0.29, 0.717) is 18.4 Å². The fraction of sp³-hybridized carbons (Fsp3) is 0.632. The molecule has 0 saturated carbocycles. The maximum absolute atomic E-state index is 12.2. The lowest BCUT2D eigenvalue weighted by atomic mass is 10.0. The molecule has 1 heterocycles. The van der Waals surface area contributed by atoms with Crippen molar-refractivity contribution in [3.05, 3.63) is 35.4 Å². The second-order valence-corrected chi connectivity index (χ2v) is 6.90. The molecular formula is C19H30N2O2. The number of nitrogens with one attached hydrogen (secondary N) is 1. The molecule has 0 spiro atoms. The molecule has 23 heavy (non-hydrogen) atoms. The van der Waals surface area contributed by atoms with Crippen molar-refractivity contribution in [1.29, 1.82) is 0 Å². The fourth-order valence-corrected chi connectivity index (χ4v) is 3.03. The third-order valence-corrected chi connectivity index (χ3v) is 4.33. The molecule has 128 valence electrons. The summed E-state index contributed by atoms with van der Waals surface area (Å²) in [4.78, 5) is 14.7. The number of morpholine rings is 1. The standard InChI is InChI=1S/C19H30N2O2/c1-15(2)12-18(21-8-10-23-11-9-21)14-20-19(22)13-17-6-4-16(3)5-7-17/h4-7,15,18H,8-14H2,1-3H3,(H,20,22). The summed E-state index contributed by atoms with van der Waals surface area (Å²) < 4.78 is 5.44. The van der Waals surface area contributed by atoms with Crippen LogP contribution in [-0.2, 0) is 16.0 Å². The van der Waals surface area contributed by atoms with Crippen molar-refractivity contribution in [2.24, 2.45) is 5.92 Å². The van der Waals surface area contributed by atoms with E-state index in [4.69, 9.17) is 4.74 Å². The summed E-state index contributed by atoms with van der Waals surface area (Å²) in [5.74, 6) is 0.729. The van der Waals surface area contributed by atoms with Crippen LogP contribution in [0.25, 0.3) is 0 Å². The SMILES string of the molecule is Cc1ccc(CC(=O)NCC(CC(C)C)N2CCOCC2)cc1. The molecule has 1 aliphatic heterocycles. The first-order valence-electron chi connectivity index (χ1n) is 8.68. The minimum absolute atomic E-state index is 0.107. The third-order valence-electron chi connectivity index (χ3n) is 4.33. The summed E-state index contributed by atoms with van der Waals surface area (Å²) in [7, 11) is 0. The van der Waals surface area contributed by atoms with E-state index in [1.165, 1.54) is 5.56 Å². The Hall–Kier alpha value is -1.39. The minimum atomic E-state index is 0.107. The number of ether oxygens (including phenoxy) is 1. The highest BCUT2D eigenvalue weighted by atomic mass is 16.5. The van der Waals surface area contributed by atoms with Crippen LogP contribution >= 0.6 is 0 Å². The van der Waals surface area contributed by atoms with Crippen molar-refractivity contribution in [3.63, 3.8) is 0 Å². The largest absolute Gasteiger partial charge is 0.379 e. The molecule has 1 saturated heterocycles. The van der Waals surface area contributed by atoms with Crippen LogP contribution in [-0.4, -0.2) is 49.7 Å². The summed E-state index contributed by atoms with van der Waals surface area (Å²) in [6.07, 6.45) is 1.56. The fourth-order valence-electron chi connectivity index (χ4n) is 3.03. The summed E-state index contributed by atoms with van der Waals surface area (Å²) in [5, 5.41) is 3.13. The molecule has 1 atom stereocenters. The Morgan fingerprint density at radius 3 is 2.48 bits per heavy atom. The van der Waals surface area contributed by atoms with Crippen molar-refractivity contribution in [2.75, 3.05) is 32.8 Å². The monoisotopic (exact) mass is 318 g/mol. The number of amides is 1. The van der Waals surface area contributed by atoms with E-state index in [1.807, 2.05) is 12.1 Å². The first-order chi connectivity index (χ1) is 11.0. The average Bonchev–Trinajstić information content (AvgIpc) is 2.54. The summed E-state index contributed by atoms with van der Waals surface area (Å²) >= 11 is 0. The lowest BCUT2D eigenvalue weighted by Gasteiger charge is -2.35. The van der Waals surface area contributed by atoms with Crippen LogP contribution in [0.15, 0.2) is 24.3 Å². The topological polar surface area (TPSA) is 41.6 Å². The van der Waals surface area contributed by atoms with Crippen LogP contribution in [0.3, 0.4) is 0 Å². The highest BCUT2D eigenvalue weighted by Gasteiger charge is 2.22. The van der Waals surface area contributed by atoms with E-state index < -0.39 is 0 Å². The number of hydrogen-bond acceptors (Lipinski definition) is 3. The lowest BCUT2D eigenvalue weighted by Crippen LogP contribution is -2.49. The maximum Gasteiger partial charge on any atom is 0.224 e. The van der Waals surface area contributed by atoms with Crippen LogP contribution in [0.2, 0.25) is 0 Å². The minimum Gasteiger partial charge on any atom is -0.379 e. The smallest absolute Gasteiger partial charge is 0.224 e. The van der Waals surface area contributed by atoms with Gasteiger partial charge in [0.25, 0.3) is 0 Å². The summed E-state index contributed by atoms with van der Waals surface area (Å²) in [6.45, 7) is 10.8. The number of benzene rings is 1. The van der Waals surface area contributed by atoms with Gasteiger partial charge in [0.2, 0.25) is 5.91 Å². The Morgan fingerprint density at radius 1 is 1.22 bits per heavy atom. The van der Waals surface area contributed by atoms with Gasteiger partial charge in [-0.15, -0.1) is 0 Å². The number of carbonyl (C=O) groups excluding carboxylic acids is 1.